The van der Waals surface area contributed by atoms with Crippen LogP contribution in [0.3, 0.4) is 0 Å². The smallest absolute Gasteiger partial charge is 0.244 e. The fraction of sp³-hybridized carbons (Fsp3) is 0.417. The summed E-state index contributed by atoms with van der Waals surface area (Å²) in [5.41, 5.74) is 0.953. The van der Waals surface area contributed by atoms with Crippen LogP contribution in [0.2, 0.25) is 0 Å². The van der Waals surface area contributed by atoms with E-state index in [0.29, 0.717) is 0 Å². The van der Waals surface area contributed by atoms with Crippen molar-refractivity contribution in [1.82, 2.24) is 4.90 Å². The van der Waals surface area contributed by atoms with Crippen LogP contribution in [0.25, 0.3) is 0 Å². The van der Waals surface area contributed by atoms with Gasteiger partial charge in [-0.3, -0.25) is 4.79 Å². The van der Waals surface area contributed by atoms with Crippen molar-refractivity contribution in [3.05, 3.63) is 24.3 Å². The zero-order valence-electron chi connectivity index (χ0n) is 9.56. The second kappa shape index (κ2) is 4.43. The average molecular weight is 220 g/mol. The van der Waals surface area contributed by atoms with Crippen LogP contribution in [-0.4, -0.2) is 37.6 Å². The molecule has 0 radical (unpaired) electrons. The Balaban J connectivity index is 2.01. The summed E-state index contributed by atoms with van der Waals surface area (Å²) in [6.45, 7) is 0.826. The fourth-order valence-electron chi connectivity index (χ4n) is 1.84. The van der Waals surface area contributed by atoms with Crippen LogP contribution in [-0.2, 0) is 4.79 Å². The quantitative estimate of drug-likeness (QED) is 0.835. The van der Waals surface area contributed by atoms with Gasteiger partial charge in [-0.2, -0.15) is 0 Å². The predicted octanol–water partition coefficient (Wildman–Crippen LogP) is 1.34. The van der Waals surface area contributed by atoms with Gasteiger partial charge in [-0.15, -0.1) is 0 Å². The lowest BCUT2D eigenvalue weighted by Crippen LogP contribution is -2.30. The van der Waals surface area contributed by atoms with Gasteiger partial charge < -0.3 is 15.0 Å². The number of nitrogens with zero attached hydrogens (tertiary/aromatic N) is 1. The SMILES string of the molecule is COc1ccc(NC2CCN(C)C2=O)cc1. The monoisotopic (exact) mass is 220 g/mol. The molecule has 86 valence electrons. The Kier molecular flexibility index (Phi) is 2.99. The summed E-state index contributed by atoms with van der Waals surface area (Å²) >= 11 is 0. The third-order valence-electron chi connectivity index (χ3n) is 2.86. The highest BCUT2D eigenvalue weighted by atomic mass is 16.5. The van der Waals surface area contributed by atoms with Crippen LogP contribution in [0.1, 0.15) is 6.42 Å². The Hall–Kier alpha value is -1.71. The van der Waals surface area contributed by atoms with Crippen molar-refractivity contribution in [2.24, 2.45) is 0 Å². The van der Waals surface area contributed by atoms with Gasteiger partial charge in [0.05, 0.1) is 7.11 Å². The molecule has 1 aromatic carbocycles. The van der Waals surface area contributed by atoms with Gasteiger partial charge in [-0.1, -0.05) is 0 Å². The summed E-state index contributed by atoms with van der Waals surface area (Å²) in [6.07, 6.45) is 0.862. The van der Waals surface area contributed by atoms with E-state index in [4.69, 9.17) is 4.74 Å². The van der Waals surface area contributed by atoms with Crippen molar-refractivity contribution >= 4 is 11.6 Å². The first-order chi connectivity index (χ1) is 7.70. The lowest BCUT2D eigenvalue weighted by Gasteiger charge is -2.13. The molecule has 1 saturated heterocycles. The van der Waals surface area contributed by atoms with E-state index in [1.807, 2.05) is 31.3 Å². The summed E-state index contributed by atoms with van der Waals surface area (Å²) in [4.78, 5) is 13.4. The number of carbonyl (C=O) groups excluding carboxylic acids is 1. The number of ether oxygens (including phenoxy) is 1. The van der Waals surface area contributed by atoms with Gasteiger partial charge in [0.2, 0.25) is 5.91 Å². The molecule has 1 heterocycles. The van der Waals surface area contributed by atoms with E-state index in [0.717, 1.165) is 24.4 Å². The zero-order chi connectivity index (χ0) is 11.5. The van der Waals surface area contributed by atoms with E-state index in [2.05, 4.69) is 5.32 Å². The number of hydrogen-bond donors (Lipinski definition) is 1. The van der Waals surface area contributed by atoms with Gasteiger partial charge in [0.1, 0.15) is 11.8 Å². The highest BCUT2D eigenvalue weighted by Gasteiger charge is 2.28. The molecule has 0 aromatic heterocycles. The van der Waals surface area contributed by atoms with Gasteiger partial charge in [0.15, 0.2) is 0 Å². The van der Waals surface area contributed by atoms with Crippen molar-refractivity contribution in [3.8, 4) is 5.75 Å². The average Bonchev–Trinajstić information content (AvgIpc) is 2.62. The Labute approximate surface area is 95.2 Å². The maximum absolute atomic E-state index is 11.7. The molecule has 1 unspecified atom stereocenters. The lowest BCUT2D eigenvalue weighted by atomic mass is 10.2. The van der Waals surface area contributed by atoms with Crippen molar-refractivity contribution < 1.29 is 9.53 Å². The fourth-order valence-corrected chi connectivity index (χ4v) is 1.84. The number of hydrogen-bond acceptors (Lipinski definition) is 3. The summed E-state index contributed by atoms with van der Waals surface area (Å²) in [5.74, 6) is 0.983. The Bertz CT molecular complexity index is 375. The maximum atomic E-state index is 11.7. The highest BCUT2D eigenvalue weighted by molar-refractivity contribution is 5.86. The Morgan fingerprint density at radius 3 is 2.56 bits per heavy atom. The number of amides is 1. The first-order valence-corrected chi connectivity index (χ1v) is 5.36. The summed E-state index contributed by atoms with van der Waals surface area (Å²) in [6, 6.07) is 7.52. The van der Waals surface area contributed by atoms with Crippen LogP contribution in [0.15, 0.2) is 24.3 Å². The molecule has 4 heteroatoms. The number of benzene rings is 1. The first kappa shape index (κ1) is 10.8. The zero-order valence-corrected chi connectivity index (χ0v) is 9.56. The van der Waals surface area contributed by atoms with Crippen LogP contribution in [0, 0.1) is 0 Å². The van der Waals surface area contributed by atoms with Crippen molar-refractivity contribution in [2.75, 3.05) is 26.0 Å². The van der Waals surface area contributed by atoms with Crippen molar-refractivity contribution in [2.45, 2.75) is 12.5 Å². The molecule has 0 saturated carbocycles. The van der Waals surface area contributed by atoms with Crippen molar-refractivity contribution in [1.29, 1.82) is 0 Å². The third kappa shape index (κ3) is 2.10. The molecule has 1 aliphatic rings. The number of anilines is 1. The van der Waals surface area contributed by atoms with Crippen LogP contribution in [0.4, 0.5) is 5.69 Å². The molecule has 16 heavy (non-hydrogen) atoms. The van der Waals surface area contributed by atoms with Crippen LogP contribution in [0.5, 0.6) is 5.75 Å². The summed E-state index contributed by atoms with van der Waals surface area (Å²) < 4.78 is 5.07. The normalized spacial score (nSPS) is 20.0. The molecule has 0 spiro atoms. The van der Waals surface area contributed by atoms with Gasteiger partial charge in [0.25, 0.3) is 0 Å². The number of likely N-dealkylation sites (N-methyl/N-ethyl adjacent to an activating group) is 1. The highest BCUT2D eigenvalue weighted by Crippen LogP contribution is 2.19. The molecule has 1 atom stereocenters. The van der Waals surface area contributed by atoms with E-state index >= 15 is 0 Å². The topological polar surface area (TPSA) is 41.6 Å². The minimum absolute atomic E-state index is 0.0848. The van der Waals surface area contributed by atoms with E-state index in [1.165, 1.54) is 0 Å². The molecule has 1 amide bonds. The van der Waals surface area contributed by atoms with Gasteiger partial charge in [-0.05, 0) is 30.7 Å². The minimum Gasteiger partial charge on any atom is -0.497 e. The molecular formula is C12H16N2O2. The van der Waals surface area contributed by atoms with E-state index in [1.54, 1.807) is 12.0 Å². The number of likely N-dealkylation sites (tertiary alicyclic amines) is 1. The molecule has 4 nitrogen and oxygen atoms in total. The predicted molar refractivity (Wildman–Crippen MR) is 62.7 cm³/mol. The second-order valence-corrected chi connectivity index (χ2v) is 3.97. The van der Waals surface area contributed by atoms with Crippen molar-refractivity contribution in [3.63, 3.8) is 0 Å². The Morgan fingerprint density at radius 1 is 1.38 bits per heavy atom. The van der Waals surface area contributed by atoms with E-state index < -0.39 is 0 Å². The molecule has 1 N–H and O–H groups in total. The molecular weight excluding hydrogens is 204 g/mol. The molecule has 1 aliphatic heterocycles. The molecule has 0 aliphatic carbocycles. The molecule has 2 rings (SSSR count). The standard InChI is InChI=1S/C12H16N2O2/c1-14-8-7-11(12(14)15)13-9-3-5-10(16-2)6-4-9/h3-6,11,13H,7-8H2,1-2H3. The Morgan fingerprint density at radius 2 is 2.06 bits per heavy atom. The minimum atomic E-state index is -0.0848. The maximum Gasteiger partial charge on any atom is 0.244 e. The summed E-state index contributed by atoms with van der Waals surface area (Å²) in [7, 11) is 3.47. The first-order valence-electron chi connectivity index (χ1n) is 5.36. The number of nitrogens with one attached hydrogen (secondary N) is 1. The molecule has 1 fully saturated rings. The van der Waals surface area contributed by atoms with E-state index in [9.17, 15) is 4.79 Å². The van der Waals surface area contributed by atoms with Gasteiger partial charge >= 0.3 is 0 Å². The summed E-state index contributed by atoms with van der Waals surface area (Å²) in [5, 5.41) is 3.23. The van der Waals surface area contributed by atoms with Gasteiger partial charge in [0, 0.05) is 19.3 Å². The number of carbonyl (C=O) groups is 1. The lowest BCUT2D eigenvalue weighted by molar-refractivity contribution is -0.127. The number of rotatable bonds is 3. The number of methoxy groups -OCH3 is 1. The molecule has 0 bridgehead atoms. The second-order valence-electron chi connectivity index (χ2n) is 3.97. The van der Waals surface area contributed by atoms with Crippen LogP contribution >= 0.6 is 0 Å². The van der Waals surface area contributed by atoms with E-state index in [-0.39, 0.29) is 11.9 Å². The third-order valence-corrected chi connectivity index (χ3v) is 2.86. The molecule has 1 aromatic rings. The van der Waals surface area contributed by atoms with Gasteiger partial charge in [-0.25, -0.2) is 0 Å². The largest absolute Gasteiger partial charge is 0.497 e. The van der Waals surface area contributed by atoms with Crippen LogP contribution < -0.4 is 10.1 Å².